The van der Waals surface area contributed by atoms with Gasteiger partial charge in [0.1, 0.15) is 0 Å². The van der Waals surface area contributed by atoms with Gasteiger partial charge in [0.05, 0.1) is 17.7 Å². The van der Waals surface area contributed by atoms with Gasteiger partial charge in [0.2, 0.25) is 0 Å². The predicted octanol–water partition coefficient (Wildman–Crippen LogP) is 4.26. The minimum atomic E-state index is -0.351. The molecule has 5 nitrogen and oxygen atoms in total. The molecule has 3 rings (SSSR count). The molecular weight excluding hydrogens is 338 g/mol. The number of rotatable bonds is 3. The second kappa shape index (κ2) is 6.64. The number of hydrogen-bond acceptors (Lipinski definition) is 5. The topological polar surface area (TPSA) is 66.8 Å². The first-order chi connectivity index (χ1) is 11.9. The average molecular weight is 355 g/mol. The van der Waals surface area contributed by atoms with Crippen LogP contribution in [0.5, 0.6) is 11.5 Å². The lowest BCUT2D eigenvalue weighted by atomic mass is 10.1. The molecule has 1 aliphatic heterocycles. The van der Waals surface area contributed by atoms with E-state index in [1.165, 1.54) is 18.1 Å². The fourth-order valence-electron chi connectivity index (χ4n) is 2.57. The van der Waals surface area contributed by atoms with Crippen molar-refractivity contribution in [3.05, 3.63) is 58.0 Å². The number of carbonyl (C=O) groups excluding carboxylic acids is 2. The summed E-state index contributed by atoms with van der Waals surface area (Å²) in [6, 6.07) is 10.4. The number of phenols is 1. The highest BCUT2D eigenvalue weighted by Crippen LogP contribution is 2.38. The maximum absolute atomic E-state index is 12.7. The fraction of sp³-hybridized carbons (Fsp3) is 0.158. The maximum atomic E-state index is 12.7. The van der Waals surface area contributed by atoms with E-state index in [-0.39, 0.29) is 16.9 Å². The highest BCUT2D eigenvalue weighted by molar-refractivity contribution is 8.19. The van der Waals surface area contributed by atoms with Crippen molar-refractivity contribution in [3.63, 3.8) is 0 Å². The SMILES string of the molecule is COc1cc(/C=C2\SC(=O)N(c3cc(C)ccc3C)C2=O)ccc1O. The van der Waals surface area contributed by atoms with Gasteiger partial charge in [0.25, 0.3) is 11.1 Å². The van der Waals surface area contributed by atoms with Crippen molar-refractivity contribution in [1.29, 1.82) is 0 Å². The number of thioether (sulfide) groups is 1. The first kappa shape index (κ1) is 17.1. The third-order valence-electron chi connectivity index (χ3n) is 3.90. The zero-order valence-electron chi connectivity index (χ0n) is 14.1. The molecule has 6 heteroatoms. The van der Waals surface area contributed by atoms with Crippen molar-refractivity contribution in [2.45, 2.75) is 13.8 Å². The summed E-state index contributed by atoms with van der Waals surface area (Å²) in [5, 5.41) is 9.33. The Bertz CT molecular complexity index is 904. The van der Waals surface area contributed by atoms with Crippen LogP contribution in [0.1, 0.15) is 16.7 Å². The molecule has 1 saturated heterocycles. The maximum Gasteiger partial charge on any atom is 0.298 e. The van der Waals surface area contributed by atoms with E-state index in [2.05, 4.69) is 0 Å². The Morgan fingerprint density at radius 1 is 1.12 bits per heavy atom. The van der Waals surface area contributed by atoms with E-state index in [1.54, 1.807) is 18.2 Å². The average Bonchev–Trinajstić information content (AvgIpc) is 2.85. The molecule has 0 saturated carbocycles. The minimum Gasteiger partial charge on any atom is -0.504 e. The van der Waals surface area contributed by atoms with Gasteiger partial charge in [-0.3, -0.25) is 9.59 Å². The molecule has 1 aliphatic rings. The van der Waals surface area contributed by atoms with Crippen molar-refractivity contribution in [2.75, 3.05) is 12.0 Å². The molecule has 0 aromatic heterocycles. The van der Waals surface area contributed by atoms with E-state index in [9.17, 15) is 14.7 Å². The Balaban J connectivity index is 1.97. The summed E-state index contributed by atoms with van der Waals surface area (Å²) in [5.74, 6) is -0.0265. The number of aryl methyl sites for hydroxylation is 2. The zero-order valence-corrected chi connectivity index (χ0v) is 14.9. The number of nitrogens with zero attached hydrogens (tertiary/aromatic N) is 1. The lowest BCUT2D eigenvalue weighted by molar-refractivity contribution is -0.113. The predicted molar refractivity (Wildman–Crippen MR) is 99.0 cm³/mol. The number of methoxy groups -OCH3 is 1. The number of benzene rings is 2. The summed E-state index contributed by atoms with van der Waals surface area (Å²) in [6.45, 7) is 3.78. The van der Waals surface area contributed by atoms with Crippen LogP contribution in [0.4, 0.5) is 10.5 Å². The first-order valence-corrected chi connectivity index (χ1v) is 8.44. The highest BCUT2D eigenvalue weighted by Gasteiger charge is 2.37. The molecule has 0 radical (unpaired) electrons. The second-order valence-electron chi connectivity index (χ2n) is 5.74. The van der Waals surface area contributed by atoms with E-state index in [1.807, 2.05) is 32.0 Å². The minimum absolute atomic E-state index is 0.0168. The van der Waals surface area contributed by atoms with Crippen LogP contribution in [0.2, 0.25) is 0 Å². The number of ether oxygens (including phenoxy) is 1. The summed E-state index contributed by atoms with van der Waals surface area (Å²) < 4.78 is 5.07. The summed E-state index contributed by atoms with van der Waals surface area (Å²) in [4.78, 5) is 26.7. The molecule has 2 aromatic rings. The normalized spacial score (nSPS) is 16.0. The van der Waals surface area contributed by atoms with Gasteiger partial charge >= 0.3 is 0 Å². The Labute approximate surface area is 149 Å². The lowest BCUT2D eigenvalue weighted by Crippen LogP contribution is -2.28. The molecule has 1 heterocycles. The third kappa shape index (κ3) is 3.25. The van der Waals surface area contributed by atoms with Crippen molar-refractivity contribution >= 4 is 34.7 Å². The number of amides is 2. The zero-order chi connectivity index (χ0) is 18.1. The molecule has 25 heavy (non-hydrogen) atoms. The Morgan fingerprint density at radius 3 is 2.60 bits per heavy atom. The van der Waals surface area contributed by atoms with Crippen molar-refractivity contribution in [2.24, 2.45) is 0 Å². The molecule has 1 N–H and O–H groups in total. The molecule has 2 amide bonds. The summed E-state index contributed by atoms with van der Waals surface area (Å²) in [5.41, 5.74) is 3.11. The summed E-state index contributed by atoms with van der Waals surface area (Å²) >= 11 is 0.899. The standard InChI is InChI=1S/C19H17NO4S/c1-11-4-5-12(2)14(8-11)20-18(22)17(25-19(20)23)10-13-6-7-15(21)16(9-13)24-3/h4-10,21H,1-3H3/b17-10-. The van der Waals surface area contributed by atoms with Crippen LogP contribution in [-0.2, 0) is 4.79 Å². The van der Waals surface area contributed by atoms with E-state index in [0.717, 1.165) is 22.9 Å². The molecule has 2 aromatic carbocycles. The monoisotopic (exact) mass is 355 g/mol. The van der Waals surface area contributed by atoms with Crippen molar-refractivity contribution in [3.8, 4) is 11.5 Å². The molecule has 0 aliphatic carbocycles. The summed E-state index contributed by atoms with van der Waals surface area (Å²) in [7, 11) is 1.45. The van der Waals surface area contributed by atoms with Crippen molar-refractivity contribution in [1.82, 2.24) is 0 Å². The van der Waals surface area contributed by atoms with Crippen LogP contribution in [0.15, 0.2) is 41.3 Å². The third-order valence-corrected chi connectivity index (χ3v) is 4.77. The lowest BCUT2D eigenvalue weighted by Gasteiger charge is -2.16. The Kier molecular flexibility index (Phi) is 4.55. The molecule has 0 bridgehead atoms. The molecule has 128 valence electrons. The number of hydrogen-bond donors (Lipinski definition) is 1. The molecule has 0 atom stereocenters. The highest BCUT2D eigenvalue weighted by atomic mass is 32.2. The smallest absolute Gasteiger partial charge is 0.298 e. The van der Waals surface area contributed by atoms with Crippen LogP contribution in [0.25, 0.3) is 6.08 Å². The number of imide groups is 1. The van der Waals surface area contributed by atoms with Crippen LogP contribution in [0, 0.1) is 13.8 Å². The van der Waals surface area contributed by atoms with Crippen LogP contribution < -0.4 is 9.64 Å². The molecular formula is C19H17NO4S. The molecule has 0 unspecified atom stereocenters. The van der Waals surface area contributed by atoms with Gasteiger partial charge in [0.15, 0.2) is 11.5 Å². The van der Waals surface area contributed by atoms with E-state index in [0.29, 0.717) is 21.9 Å². The van der Waals surface area contributed by atoms with E-state index in [4.69, 9.17) is 4.74 Å². The molecule has 0 spiro atoms. The second-order valence-corrected chi connectivity index (χ2v) is 6.73. The van der Waals surface area contributed by atoms with Crippen LogP contribution in [0.3, 0.4) is 0 Å². The largest absolute Gasteiger partial charge is 0.504 e. The first-order valence-electron chi connectivity index (χ1n) is 7.63. The van der Waals surface area contributed by atoms with Crippen LogP contribution >= 0.6 is 11.8 Å². The summed E-state index contributed by atoms with van der Waals surface area (Å²) in [6.07, 6.45) is 1.62. The van der Waals surface area contributed by atoms with E-state index >= 15 is 0 Å². The Morgan fingerprint density at radius 2 is 1.88 bits per heavy atom. The van der Waals surface area contributed by atoms with Crippen LogP contribution in [-0.4, -0.2) is 23.4 Å². The van der Waals surface area contributed by atoms with Gasteiger partial charge in [-0.1, -0.05) is 18.2 Å². The fourth-order valence-corrected chi connectivity index (χ4v) is 3.41. The van der Waals surface area contributed by atoms with Gasteiger partial charge in [-0.05, 0) is 66.6 Å². The van der Waals surface area contributed by atoms with Gasteiger partial charge in [0, 0.05) is 0 Å². The number of carbonyl (C=O) groups is 2. The van der Waals surface area contributed by atoms with E-state index < -0.39 is 0 Å². The molecule has 1 fully saturated rings. The Hall–Kier alpha value is -2.73. The van der Waals surface area contributed by atoms with Gasteiger partial charge < -0.3 is 9.84 Å². The van der Waals surface area contributed by atoms with Gasteiger partial charge in [-0.25, -0.2) is 4.90 Å². The quantitative estimate of drug-likeness (QED) is 0.834. The number of anilines is 1. The van der Waals surface area contributed by atoms with Crippen molar-refractivity contribution < 1.29 is 19.4 Å². The van der Waals surface area contributed by atoms with Gasteiger partial charge in [-0.15, -0.1) is 0 Å². The number of aromatic hydroxyl groups is 1. The number of phenolic OH excluding ortho intramolecular Hbond substituents is 1. The van der Waals surface area contributed by atoms with Gasteiger partial charge in [-0.2, -0.15) is 0 Å².